The van der Waals surface area contributed by atoms with Crippen LogP contribution in [0.15, 0.2) is 16.8 Å². The SMILES string of the molecule is Cc1cc(NC(=O)c2cnn(C)c2C)no1. The lowest BCUT2D eigenvalue weighted by atomic mass is 10.2. The molecule has 0 aliphatic carbocycles. The summed E-state index contributed by atoms with van der Waals surface area (Å²) >= 11 is 0. The van der Waals surface area contributed by atoms with E-state index in [9.17, 15) is 4.79 Å². The number of aromatic nitrogens is 3. The molecule has 0 unspecified atom stereocenters. The van der Waals surface area contributed by atoms with Gasteiger partial charge in [0.2, 0.25) is 0 Å². The number of carbonyl (C=O) groups excluding carboxylic acids is 1. The Kier molecular flexibility index (Phi) is 2.47. The third kappa shape index (κ3) is 1.81. The summed E-state index contributed by atoms with van der Waals surface area (Å²) in [5.74, 6) is 0.822. The van der Waals surface area contributed by atoms with Gasteiger partial charge in [0, 0.05) is 18.8 Å². The highest BCUT2D eigenvalue weighted by Gasteiger charge is 2.14. The highest BCUT2D eigenvalue weighted by atomic mass is 16.5. The summed E-state index contributed by atoms with van der Waals surface area (Å²) in [6.07, 6.45) is 1.53. The first-order valence-electron chi connectivity index (χ1n) is 4.81. The van der Waals surface area contributed by atoms with E-state index in [2.05, 4.69) is 15.6 Å². The first kappa shape index (κ1) is 10.4. The van der Waals surface area contributed by atoms with Crippen LogP contribution in [0, 0.1) is 13.8 Å². The van der Waals surface area contributed by atoms with Crippen molar-refractivity contribution in [1.29, 1.82) is 0 Å². The van der Waals surface area contributed by atoms with E-state index in [-0.39, 0.29) is 5.91 Å². The smallest absolute Gasteiger partial charge is 0.260 e. The van der Waals surface area contributed by atoms with E-state index < -0.39 is 0 Å². The van der Waals surface area contributed by atoms with Crippen LogP contribution >= 0.6 is 0 Å². The Bertz CT molecular complexity index is 527. The van der Waals surface area contributed by atoms with Crippen LogP contribution in [0.4, 0.5) is 5.82 Å². The van der Waals surface area contributed by atoms with Crippen LogP contribution in [0.25, 0.3) is 0 Å². The molecule has 0 radical (unpaired) electrons. The van der Waals surface area contributed by atoms with Gasteiger partial charge in [-0.05, 0) is 13.8 Å². The van der Waals surface area contributed by atoms with Gasteiger partial charge in [-0.15, -0.1) is 0 Å². The number of hydrogen-bond acceptors (Lipinski definition) is 4. The first-order valence-corrected chi connectivity index (χ1v) is 4.81. The zero-order valence-corrected chi connectivity index (χ0v) is 9.31. The molecule has 1 amide bonds. The molecule has 0 fully saturated rings. The fourth-order valence-corrected chi connectivity index (χ4v) is 1.33. The number of anilines is 1. The number of rotatable bonds is 2. The van der Waals surface area contributed by atoms with Gasteiger partial charge in [-0.1, -0.05) is 5.16 Å². The molecular weight excluding hydrogens is 208 g/mol. The maximum absolute atomic E-state index is 11.8. The lowest BCUT2D eigenvalue weighted by Gasteiger charge is -2.00. The van der Waals surface area contributed by atoms with Crippen molar-refractivity contribution >= 4 is 11.7 Å². The molecule has 2 aromatic rings. The summed E-state index contributed by atoms with van der Waals surface area (Å²) in [5.41, 5.74) is 1.33. The van der Waals surface area contributed by atoms with Gasteiger partial charge < -0.3 is 9.84 Å². The first-order chi connectivity index (χ1) is 7.58. The Hall–Kier alpha value is -2.11. The second-order valence-corrected chi connectivity index (χ2v) is 3.54. The molecule has 1 N–H and O–H groups in total. The van der Waals surface area contributed by atoms with Crippen LogP contribution in [0.2, 0.25) is 0 Å². The second-order valence-electron chi connectivity index (χ2n) is 3.54. The predicted molar refractivity (Wildman–Crippen MR) is 57.1 cm³/mol. The van der Waals surface area contributed by atoms with Crippen molar-refractivity contribution in [2.24, 2.45) is 7.05 Å². The van der Waals surface area contributed by atoms with Crippen molar-refractivity contribution < 1.29 is 9.32 Å². The van der Waals surface area contributed by atoms with Crippen LogP contribution in [0.5, 0.6) is 0 Å². The Morgan fingerprint density at radius 3 is 2.75 bits per heavy atom. The maximum Gasteiger partial charge on any atom is 0.260 e. The number of nitrogens with zero attached hydrogens (tertiary/aromatic N) is 3. The lowest BCUT2D eigenvalue weighted by Crippen LogP contribution is -2.13. The summed E-state index contributed by atoms with van der Waals surface area (Å²) in [5, 5.41) is 10.3. The van der Waals surface area contributed by atoms with E-state index in [0.29, 0.717) is 17.1 Å². The Balaban J connectivity index is 2.18. The van der Waals surface area contributed by atoms with Crippen molar-refractivity contribution in [2.75, 3.05) is 5.32 Å². The van der Waals surface area contributed by atoms with Crippen molar-refractivity contribution in [3.05, 3.63) is 29.3 Å². The maximum atomic E-state index is 11.8. The second kappa shape index (κ2) is 3.80. The Morgan fingerprint density at radius 2 is 2.25 bits per heavy atom. The van der Waals surface area contributed by atoms with E-state index in [1.807, 2.05) is 6.92 Å². The highest BCUT2D eigenvalue weighted by Crippen LogP contribution is 2.11. The van der Waals surface area contributed by atoms with E-state index in [1.165, 1.54) is 6.20 Å². The Labute approximate surface area is 92.2 Å². The van der Waals surface area contributed by atoms with Crippen LogP contribution < -0.4 is 5.32 Å². The van der Waals surface area contributed by atoms with Crippen LogP contribution in [-0.4, -0.2) is 20.8 Å². The van der Waals surface area contributed by atoms with Gasteiger partial charge in [-0.3, -0.25) is 9.48 Å². The highest BCUT2D eigenvalue weighted by molar-refractivity contribution is 6.04. The molecule has 0 saturated carbocycles. The largest absolute Gasteiger partial charge is 0.360 e. The molecule has 6 heteroatoms. The number of aryl methyl sites for hydroxylation is 2. The number of nitrogens with one attached hydrogen (secondary N) is 1. The minimum absolute atomic E-state index is 0.237. The minimum atomic E-state index is -0.237. The summed E-state index contributed by atoms with van der Waals surface area (Å²) in [6, 6.07) is 1.66. The molecule has 0 spiro atoms. The quantitative estimate of drug-likeness (QED) is 0.827. The summed E-state index contributed by atoms with van der Waals surface area (Å²) in [4.78, 5) is 11.8. The van der Waals surface area contributed by atoms with Crippen LogP contribution in [-0.2, 0) is 7.05 Å². The molecular formula is C10H12N4O2. The molecule has 0 aromatic carbocycles. The molecule has 84 valence electrons. The van der Waals surface area contributed by atoms with Gasteiger partial charge in [-0.2, -0.15) is 5.10 Å². The van der Waals surface area contributed by atoms with E-state index in [4.69, 9.17) is 4.52 Å². The van der Waals surface area contributed by atoms with Gasteiger partial charge in [0.05, 0.1) is 11.8 Å². The molecule has 0 bridgehead atoms. The van der Waals surface area contributed by atoms with Crippen molar-refractivity contribution in [3.63, 3.8) is 0 Å². The zero-order valence-electron chi connectivity index (χ0n) is 9.31. The molecule has 2 rings (SSSR count). The predicted octanol–water partition coefficient (Wildman–Crippen LogP) is 1.28. The monoisotopic (exact) mass is 220 g/mol. The summed E-state index contributed by atoms with van der Waals surface area (Å²) < 4.78 is 6.49. The van der Waals surface area contributed by atoms with E-state index in [0.717, 1.165) is 5.69 Å². The molecule has 2 heterocycles. The number of hydrogen-bond donors (Lipinski definition) is 1. The molecule has 0 aliphatic rings. The van der Waals surface area contributed by atoms with Crippen LogP contribution in [0.3, 0.4) is 0 Å². The zero-order chi connectivity index (χ0) is 11.7. The van der Waals surface area contributed by atoms with Crippen molar-refractivity contribution in [3.8, 4) is 0 Å². The summed E-state index contributed by atoms with van der Waals surface area (Å²) in [6.45, 7) is 3.59. The molecule has 2 aromatic heterocycles. The molecule has 0 saturated heterocycles. The third-order valence-electron chi connectivity index (χ3n) is 2.35. The number of carbonyl (C=O) groups is 1. The standard InChI is InChI=1S/C10H12N4O2/c1-6-4-9(13-16-6)12-10(15)8-5-11-14(3)7(8)2/h4-5H,1-3H3,(H,12,13,15). The third-order valence-corrected chi connectivity index (χ3v) is 2.35. The Morgan fingerprint density at radius 1 is 1.50 bits per heavy atom. The normalized spacial score (nSPS) is 10.4. The average molecular weight is 220 g/mol. The molecule has 0 aliphatic heterocycles. The van der Waals surface area contributed by atoms with Gasteiger partial charge >= 0.3 is 0 Å². The lowest BCUT2D eigenvalue weighted by molar-refractivity contribution is 0.102. The van der Waals surface area contributed by atoms with Gasteiger partial charge in [-0.25, -0.2) is 0 Å². The van der Waals surface area contributed by atoms with Crippen molar-refractivity contribution in [2.45, 2.75) is 13.8 Å². The van der Waals surface area contributed by atoms with Gasteiger partial charge in [0.1, 0.15) is 5.76 Å². The van der Waals surface area contributed by atoms with E-state index >= 15 is 0 Å². The number of amides is 1. The summed E-state index contributed by atoms with van der Waals surface area (Å²) in [7, 11) is 1.78. The fraction of sp³-hybridized carbons (Fsp3) is 0.300. The minimum Gasteiger partial charge on any atom is -0.360 e. The molecule has 16 heavy (non-hydrogen) atoms. The fourth-order valence-electron chi connectivity index (χ4n) is 1.33. The topological polar surface area (TPSA) is 73.0 Å². The van der Waals surface area contributed by atoms with Gasteiger partial charge in [0.15, 0.2) is 5.82 Å². The van der Waals surface area contributed by atoms with Crippen LogP contribution in [0.1, 0.15) is 21.8 Å². The van der Waals surface area contributed by atoms with Gasteiger partial charge in [0.25, 0.3) is 5.91 Å². The molecule has 0 atom stereocenters. The van der Waals surface area contributed by atoms with Crippen molar-refractivity contribution in [1.82, 2.24) is 14.9 Å². The average Bonchev–Trinajstić information content (AvgIpc) is 2.76. The van der Waals surface area contributed by atoms with E-state index in [1.54, 1.807) is 24.7 Å². The molecule has 6 nitrogen and oxygen atoms in total.